The maximum atomic E-state index is 5.93. The second-order valence-corrected chi connectivity index (χ2v) is 9.85. The van der Waals surface area contributed by atoms with Crippen molar-refractivity contribution in [1.82, 2.24) is 29.4 Å². The van der Waals surface area contributed by atoms with Crippen molar-refractivity contribution >= 4 is 33.7 Å². The molecule has 2 aromatic carbocycles. The molecule has 38 heavy (non-hydrogen) atoms. The number of anilines is 2. The predicted molar refractivity (Wildman–Crippen MR) is 151 cm³/mol. The van der Waals surface area contributed by atoms with Crippen LogP contribution in [-0.2, 0) is 0 Å². The third-order valence-electron chi connectivity index (χ3n) is 6.87. The highest BCUT2D eigenvalue weighted by Crippen LogP contribution is 2.23. The minimum atomic E-state index is 0.288. The van der Waals surface area contributed by atoms with E-state index in [-0.39, 0.29) is 6.04 Å². The minimum Gasteiger partial charge on any atom is -0.492 e. The van der Waals surface area contributed by atoms with Crippen molar-refractivity contribution in [2.75, 3.05) is 31.6 Å². The molecule has 0 spiro atoms. The molecule has 0 unspecified atom stereocenters. The number of nitrogens with zero attached hydrogens (tertiary/aromatic N) is 5. The van der Waals surface area contributed by atoms with E-state index in [0.717, 1.165) is 45.6 Å². The van der Waals surface area contributed by atoms with E-state index in [4.69, 9.17) is 9.72 Å². The lowest BCUT2D eigenvalue weighted by Gasteiger charge is -2.15. The van der Waals surface area contributed by atoms with Crippen molar-refractivity contribution in [2.45, 2.75) is 32.7 Å². The summed E-state index contributed by atoms with van der Waals surface area (Å²) in [5.74, 6) is 7.98. The van der Waals surface area contributed by atoms with E-state index in [1.807, 2.05) is 61.1 Å². The van der Waals surface area contributed by atoms with Gasteiger partial charge in [-0.1, -0.05) is 12.0 Å². The fourth-order valence-corrected chi connectivity index (χ4v) is 4.86. The van der Waals surface area contributed by atoms with Gasteiger partial charge in [-0.2, -0.15) is 4.98 Å². The topological polar surface area (TPSA) is 83.9 Å². The molecule has 2 N–H and O–H groups in total. The lowest BCUT2D eigenvalue weighted by molar-refractivity contribution is 0.238. The molecule has 1 saturated heterocycles. The summed E-state index contributed by atoms with van der Waals surface area (Å²) in [5, 5.41) is 4.20. The van der Waals surface area contributed by atoms with Gasteiger partial charge in [-0.05, 0) is 88.2 Å². The normalized spacial score (nSPS) is 13.8. The van der Waals surface area contributed by atoms with Crippen LogP contribution in [0.2, 0.25) is 0 Å². The largest absolute Gasteiger partial charge is 0.492 e. The molecule has 0 amide bonds. The predicted octanol–water partition coefficient (Wildman–Crippen LogP) is 5.51. The van der Waals surface area contributed by atoms with Gasteiger partial charge in [0, 0.05) is 24.5 Å². The number of hydrogen-bond donors (Lipinski definition) is 2. The van der Waals surface area contributed by atoms with Crippen molar-refractivity contribution in [3.8, 4) is 17.6 Å². The first-order valence-corrected chi connectivity index (χ1v) is 13.2. The van der Waals surface area contributed by atoms with Crippen LogP contribution < -0.4 is 10.1 Å². The highest BCUT2D eigenvalue weighted by Gasteiger charge is 2.12. The summed E-state index contributed by atoms with van der Waals surface area (Å²) in [6.07, 6.45) is 6.33. The molecule has 1 aliphatic rings. The molecule has 3 aromatic heterocycles. The molecule has 0 bridgehead atoms. The molecule has 0 atom stereocenters. The van der Waals surface area contributed by atoms with Crippen LogP contribution in [0.4, 0.5) is 11.6 Å². The average molecular weight is 506 g/mol. The number of para-hydroxylation sites is 1. The third kappa shape index (κ3) is 5.06. The summed E-state index contributed by atoms with van der Waals surface area (Å²) in [6, 6.07) is 16.2. The second kappa shape index (κ2) is 10.6. The van der Waals surface area contributed by atoms with Gasteiger partial charge < -0.3 is 19.6 Å². The Bertz CT molecular complexity index is 1620. The summed E-state index contributed by atoms with van der Waals surface area (Å²) in [4.78, 5) is 19.6. The first-order valence-electron chi connectivity index (χ1n) is 13.2. The van der Waals surface area contributed by atoms with Crippen molar-refractivity contribution in [3.63, 3.8) is 0 Å². The molecule has 1 aliphatic heterocycles. The molecule has 0 radical (unpaired) electrons. The van der Waals surface area contributed by atoms with Crippen molar-refractivity contribution < 1.29 is 4.74 Å². The molecular weight excluding hydrogens is 474 g/mol. The number of nitrogens with one attached hydrogen (secondary N) is 2. The van der Waals surface area contributed by atoms with E-state index in [2.05, 4.69) is 55.4 Å². The van der Waals surface area contributed by atoms with Gasteiger partial charge in [-0.25, -0.2) is 9.97 Å². The maximum absolute atomic E-state index is 5.93. The zero-order valence-corrected chi connectivity index (χ0v) is 21.7. The Kier molecular flexibility index (Phi) is 6.67. The van der Waals surface area contributed by atoms with Crippen LogP contribution in [-0.4, -0.2) is 55.6 Å². The number of imidazole rings is 1. The van der Waals surface area contributed by atoms with Crippen LogP contribution in [0.1, 0.15) is 44.0 Å². The SMILES string of the molecule is CC(C)n1cnc2cccc(C#Cc3nc(Nc4ccc(OCCN5CCCC5)cc4)nc4[nH]ccc34)c21. The molecule has 192 valence electrons. The molecule has 0 aliphatic carbocycles. The molecular formula is C30H31N7O. The molecule has 6 rings (SSSR count). The van der Waals surface area contributed by atoms with Crippen LogP contribution in [0.3, 0.4) is 0 Å². The van der Waals surface area contributed by atoms with Gasteiger partial charge in [0.05, 0.1) is 28.3 Å². The Morgan fingerprint density at radius 2 is 1.87 bits per heavy atom. The van der Waals surface area contributed by atoms with E-state index in [9.17, 15) is 0 Å². The number of likely N-dealkylation sites (tertiary alicyclic amines) is 1. The summed E-state index contributed by atoms with van der Waals surface area (Å²) in [7, 11) is 0. The lowest BCUT2D eigenvalue weighted by Crippen LogP contribution is -2.25. The smallest absolute Gasteiger partial charge is 0.230 e. The van der Waals surface area contributed by atoms with Gasteiger partial charge >= 0.3 is 0 Å². The molecule has 5 aromatic rings. The number of hydrogen-bond acceptors (Lipinski definition) is 6. The van der Waals surface area contributed by atoms with Gasteiger partial charge in [-0.15, -0.1) is 0 Å². The van der Waals surface area contributed by atoms with Gasteiger partial charge in [0.25, 0.3) is 0 Å². The molecule has 8 heteroatoms. The van der Waals surface area contributed by atoms with Crippen LogP contribution in [0.5, 0.6) is 5.75 Å². The Labute approximate surface area is 222 Å². The number of aromatic nitrogens is 5. The number of ether oxygens (including phenoxy) is 1. The maximum Gasteiger partial charge on any atom is 0.230 e. The van der Waals surface area contributed by atoms with Gasteiger partial charge in [0.15, 0.2) is 0 Å². The summed E-state index contributed by atoms with van der Waals surface area (Å²) >= 11 is 0. The Morgan fingerprint density at radius 1 is 1.03 bits per heavy atom. The first kappa shape index (κ1) is 24.0. The fourth-order valence-electron chi connectivity index (χ4n) is 4.86. The zero-order valence-electron chi connectivity index (χ0n) is 21.7. The molecule has 1 fully saturated rings. The van der Waals surface area contributed by atoms with Gasteiger partial charge in [-0.3, -0.25) is 4.90 Å². The molecule has 4 heterocycles. The second-order valence-electron chi connectivity index (χ2n) is 9.85. The van der Waals surface area contributed by atoms with Crippen LogP contribution in [0.15, 0.2) is 61.1 Å². The van der Waals surface area contributed by atoms with Gasteiger partial charge in [0.2, 0.25) is 5.95 Å². The molecule has 0 saturated carbocycles. The number of rotatable bonds is 7. The Balaban J connectivity index is 1.22. The number of aromatic amines is 1. The lowest BCUT2D eigenvalue weighted by atomic mass is 10.1. The number of benzene rings is 2. The van der Waals surface area contributed by atoms with Crippen LogP contribution in [0.25, 0.3) is 22.1 Å². The third-order valence-corrected chi connectivity index (χ3v) is 6.87. The minimum absolute atomic E-state index is 0.288. The summed E-state index contributed by atoms with van der Waals surface area (Å²) in [6.45, 7) is 8.33. The van der Waals surface area contributed by atoms with E-state index < -0.39 is 0 Å². The standard InChI is InChI=1S/C30H31N7O/c1-21(2)37-20-32-27-7-5-6-22(28(27)37)8-13-26-25-14-15-31-29(25)35-30(34-26)33-23-9-11-24(12-10-23)38-19-18-36-16-3-4-17-36/h5-7,9-12,14-15,20-21H,3-4,16-19H2,1-2H3,(H2,31,33,34,35). The van der Waals surface area contributed by atoms with Crippen molar-refractivity contribution in [1.29, 1.82) is 0 Å². The summed E-state index contributed by atoms with van der Waals surface area (Å²) < 4.78 is 8.08. The monoisotopic (exact) mass is 505 g/mol. The Morgan fingerprint density at radius 3 is 2.68 bits per heavy atom. The first-order chi connectivity index (χ1) is 18.6. The fraction of sp³-hybridized carbons (Fsp3) is 0.300. The van der Waals surface area contributed by atoms with E-state index in [1.165, 1.54) is 25.9 Å². The van der Waals surface area contributed by atoms with Crippen molar-refractivity contribution in [2.24, 2.45) is 0 Å². The van der Waals surface area contributed by atoms with Crippen molar-refractivity contribution in [3.05, 3.63) is 72.3 Å². The average Bonchev–Trinajstić information content (AvgIpc) is 3.69. The molecule has 8 nitrogen and oxygen atoms in total. The highest BCUT2D eigenvalue weighted by atomic mass is 16.5. The van der Waals surface area contributed by atoms with Crippen LogP contribution >= 0.6 is 0 Å². The summed E-state index contributed by atoms with van der Waals surface area (Å²) in [5.41, 5.74) is 5.17. The Hall–Kier alpha value is -4.35. The number of H-pyrrole nitrogens is 1. The highest BCUT2D eigenvalue weighted by molar-refractivity contribution is 5.85. The van der Waals surface area contributed by atoms with E-state index >= 15 is 0 Å². The van der Waals surface area contributed by atoms with E-state index in [0.29, 0.717) is 18.2 Å². The van der Waals surface area contributed by atoms with Gasteiger partial charge in [0.1, 0.15) is 23.7 Å². The number of fused-ring (bicyclic) bond motifs is 2. The zero-order chi connectivity index (χ0) is 25.9. The quantitative estimate of drug-likeness (QED) is 0.284. The van der Waals surface area contributed by atoms with Crippen LogP contribution in [0, 0.1) is 11.8 Å². The van der Waals surface area contributed by atoms with E-state index in [1.54, 1.807) is 0 Å².